The van der Waals surface area contributed by atoms with Gasteiger partial charge in [-0.05, 0) is 39.0 Å². The van der Waals surface area contributed by atoms with E-state index in [4.69, 9.17) is 5.73 Å². The lowest BCUT2D eigenvalue weighted by atomic mass is 9.90. The zero-order valence-electron chi connectivity index (χ0n) is 12.8. The Bertz CT molecular complexity index is 695. The van der Waals surface area contributed by atoms with Crippen molar-refractivity contribution in [3.8, 4) is 11.1 Å². The summed E-state index contributed by atoms with van der Waals surface area (Å²) in [6.45, 7) is 2.08. The van der Waals surface area contributed by atoms with Crippen molar-refractivity contribution in [3.63, 3.8) is 0 Å². The van der Waals surface area contributed by atoms with E-state index in [1.165, 1.54) is 0 Å². The third-order valence-corrected chi connectivity index (χ3v) is 4.24. The van der Waals surface area contributed by atoms with Crippen LogP contribution in [0.4, 0.5) is 5.82 Å². The van der Waals surface area contributed by atoms with Gasteiger partial charge in [-0.1, -0.05) is 0 Å². The van der Waals surface area contributed by atoms with Crippen molar-refractivity contribution in [2.24, 2.45) is 0 Å². The summed E-state index contributed by atoms with van der Waals surface area (Å²) in [7, 11) is 2.12. The minimum Gasteiger partial charge on any atom is -0.478 e. The molecule has 0 aliphatic carbocycles. The first-order valence-electron chi connectivity index (χ1n) is 7.27. The summed E-state index contributed by atoms with van der Waals surface area (Å²) in [5.74, 6) is -0.667. The number of anilines is 1. The molecule has 0 atom stereocenters. The Labute approximate surface area is 140 Å². The number of nitrogens with one attached hydrogen (secondary N) is 1. The van der Waals surface area contributed by atoms with E-state index >= 15 is 0 Å². The molecule has 1 saturated heterocycles. The second-order valence-electron chi connectivity index (χ2n) is 5.72. The number of hydrogen-bond acceptors (Lipinski definition) is 5. The first-order valence-corrected chi connectivity index (χ1v) is 7.27. The van der Waals surface area contributed by atoms with Gasteiger partial charge in [0.05, 0.1) is 5.69 Å². The van der Waals surface area contributed by atoms with Crippen LogP contribution in [-0.2, 0) is 0 Å². The number of aromatic nitrogens is 3. The van der Waals surface area contributed by atoms with Crippen molar-refractivity contribution in [3.05, 3.63) is 29.7 Å². The fraction of sp³-hybridized carbons (Fsp3) is 0.400. The largest absolute Gasteiger partial charge is 0.478 e. The van der Waals surface area contributed by atoms with Crippen molar-refractivity contribution in [1.82, 2.24) is 20.1 Å². The maximum atomic E-state index is 11.2. The summed E-state index contributed by atoms with van der Waals surface area (Å²) in [4.78, 5) is 17.5. The summed E-state index contributed by atoms with van der Waals surface area (Å²) in [6.07, 6.45) is 5.49. The quantitative estimate of drug-likeness (QED) is 0.790. The van der Waals surface area contributed by atoms with Crippen LogP contribution >= 0.6 is 12.4 Å². The molecule has 23 heavy (non-hydrogen) atoms. The van der Waals surface area contributed by atoms with Crippen molar-refractivity contribution >= 4 is 24.2 Å². The Morgan fingerprint density at radius 1 is 1.43 bits per heavy atom. The summed E-state index contributed by atoms with van der Waals surface area (Å²) >= 11 is 0. The Balaban J connectivity index is 0.00000192. The summed E-state index contributed by atoms with van der Waals surface area (Å²) in [5, 5.41) is 16.5. The topological polar surface area (TPSA) is 108 Å². The first-order chi connectivity index (χ1) is 10.6. The molecular weight excluding hydrogens is 318 g/mol. The lowest BCUT2D eigenvalue weighted by Crippen LogP contribution is -2.29. The van der Waals surface area contributed by atoms with Gasteiger partial charge >= 0.3 is 5.97 Å². The van der Waals surface area contributed by atoms with E-state index in [2.05, 4.69) is 27.1 Å². The molecule has 2 aromatic rings. The number of likely N-dealkylation sites (tertiary alicyclic amines) is 1. The maximum absolute atomic E-state index is 11.2. The first kappa shape index (κ1) is 17.2. The van der Waals surface area contributed by atoms with Crippen molar-refractivity contribution < 1.29 is 9.90 Å². The second-order valence-corrected chi connectivity index (χ2v) is 5.72. The summed E-state index contributed by atoms with van der Waals surface area (Å²) < 4.78 is 0. The lowest BCUT2D eigenvalue weighted by molar-refractivity contribution is 0.0697. The normalized spacial score (nSPS) is 16.0. The fourth-order valence-corrected chi connectivity index (χ4v) is 2.92. The van der Waals surface area contributed by atoms with Crippen LogP contribution in [0.1, 0.15) is 34.8 Å². The SMILES string of the molecule is CN1CCC(c2n[nH]cc2-c2cnc(N)c(C(=O)O)c2)CC1.Cl. The van der Waals surface area contributed by atoms with Gasteiger partial charge in [0, 0.05) is 29.4 Å². The molecule has 8 heteroatoms. The number of carbonyl (C=O) groups is 1. The highest BCUT2D eigenvalue weighted by molar-refractivity contribution is 5.94. The Hall–Kier alpha value is -2.12. The van der Waals surface area contributed by atoms with E-state index in [9.17, 15) is 9.90 Å². The number of rotatable bonds is 3. The number of nitrogen functional groups attached to an aromatic ring is 1. The molecule has 1 fully saturated rings. The third-order valence-electron chi connectivity index (χ3n) is 4.24. The van der Waals surface area contributed by atoms with Gasteiger partial charge < -0.3 is 15.7 Å². The second kappa shape index (κ2) is 6.97. The molecule has 1 aliphatic rings. The lowest BCUT2D eigenvalue weighted by Gasteiger charge is -2.28. The molecule has 0 radical (unpaired) electrons. The number of piperidine rings is 1. The van der Waals surface area contributed by atoms with E-state index in [1.54, 1.807) is 18.5 Å². The average Bonchev–Trinajstić information content (AvgIpc) is 2.97. The van der Waals surface area contributed by atoms with E-state index in [0.29, 0.717) is 5.92 Å². The fourth-order valence-electron chi connectivity index (χ4n) is 2.92. The van der Waals surface area contributed by atoms with E-state index in [1.807, 2.05) is 0 Å². The Kier molecular flexibility index (Phi) is 5.23. The molecule has 2 aromatic heterocycles. The van der Waals surface area contributed by atoms with Gasteiger partial charge in [-0.25, -0.2) is 9.78 Å². The highest BCUT2D eigenvalue weighted by Gasteiger charge is 2.24. The number of hydrogen-bond donors (Lipinski definition) is 3. The number of halogens is 1. The minimum absolute atomic E-state index is 0. The molecule has 0 spiro atoms. The monoisotopic (exact) mass is 337 g/mol. The molecule has 3 rings (SSSR count). The highest BCUT2D eigenvalue weighted by Crippen LogP contribution is 2.34. The van der Waals surface area contributed by atoms with Crippen LogP contribution in [0.25, 0.3) is 11.1 Å². The van der Waals surface area contributed by atoms with Crippen molar-refractivity contribution in [2.75, 3.05) is 25.9 Å². The van der Waals surface area contributed by atoms with Crippen LogP contribution in [-0.4, -0.2) is 51.3 Å². The van der Waals surface area contributed by atoms with Crippen LogP contribution in [0, 0.1) is 0 Å². The smallest absolute Gasteiger partial charge is 0.339 e. The van der Waals surface area contributed by atoms with Crippen LogP contribution < -0.4 is 5.73 Å². The number of carboxylic acid groups (broad SMARTS) is 1. The standard InChI is InChI=1S/C15H19N5O2.ClH/c1-20-4-2-9(3-5-20)13-12(8-18-19-13)10-6-11(15(21)22)14(16)17-7-10;/h6-9H,2-5H2,1H3,(H2,16,17)(H,18,19)(H,21,22);1H. The van der Waals surface area contributed by atoms with Gasteiger partial charge in [-0.15, -0.1) is 12.4 Å². The minimum atomic E-state index is -1.07. The Morgan fingerprint density at radius 3 is 2.78 bits per heavy atom. The number of aromatic amines is 1. The average molecular weight is 338 g/mol. The van der Waals surface area contributed by atoms with Gasteiger partial charge in [0.1, 0.15) is 11.4 Å². The summed E-state index contributed by atoms with van der Waals surface area (Å²) in [6, 6.07) is 1.56. The number of pyridine rings is 1. The van der Waals surface area contributed by atoms with Gasteiger partial charge in [0.25, 0.3) is 0 Å². The van der Waals surface area contributed by atoms with Gasteiger partial charge in [-0.3, -0.25) is 5.10 Å². The molecular formula is C15H20ClN5O2. The van der Waals surface area contributed by atoms with E-state index in [-0.39, 0.29) is 23.8 Å². The molecule has 0 saturated carbocycles. The molecule has 0 bridgehead atoms. The van der Waals surface area contributed by atoms with Gasteiger partial charge in [0.2, 0.25) is 0 Å². The van der Waals surface area contributed by atoms with E-state index < -0.39 is 5.97 Å². The molecule has 0 unspecified atom stereocenters. The van der Waals surface area contributed by atoms with Crippen molar-refractivity contribution in [1.29, 1.82) is 0 Å². The number of H-pyrrole nitrogens is 1. The molecule has 0 amide bonds. The zero-order chi connectivity index (χ0) is 15.7. The van der Waals surface area contributed by atoms with Crippen LogP contribution in [0.3, 0.4) is 0 Å². The van der Waals surface area contributed by atoms with Gasteiger partial charge in [-0.2, -0.15) is 5.10 Å². The number of aromatic carboxylic acids is 1. The predicted molar refractivity (Wildman–Crippen MR) is 89.9 cm³/mol. The summed E-state index contributed by atoms with van der Waals surface area (Å²) in [5.41, 5.74) is 8.26. The zero-order valence-corrected chi connectivity index (χ0v) is 13.6. The molecule has 1 aliphatic heterocycles. The maximum Gasteiger partial charge on any atom is 0.339 e. The predicted octanol–water partition coefficient (Wildman–Crippen LogP) is 1.98. The highest BCUT2D eigenvalue weighted by atomic mass is 35.5. The Morgan fingerprint density at radius 2 is 2.13 bits per heavy atom. The number of carboxylic acids is 1. The van der Waals surface area contributed by atoms with Gasteiger partial charge in [0.15, 0.2) is 0 Å². The van der Waals surface area contributed by atoms with Crippen LogP contribution in [0.5, 0.6) is 0 Å². The molecule has 3 heterocycles. The number of nitrogens with zero attached hydrogens (tertiary/aromatic N) is 3. The molecule has 7 nitrogen and oxygen atoms in total. The van der Waals surface area contributed by atoms with Crippen molar-refractivity contribution in [2.45, 2.75) is 18.8 Å². The van der Waals surface area contributed by atoms with Crippen LogP contribution in [0.15, 0.2) is 18.5 Å². The molecule has 4 N–H and O–H groups in total. The van der Waals surface area contributed by atoms with E-state index in [0.717, 1.165) is 42.8 Å². The third kappa shape index (κ3) is 3.46. The van der Waals surface area contributed by atoms with Crippen LogP contribution in [0.2, 0.25) is 0 Å². The number of nitrogens with two attached hydrogens (primary N) is 1. The molecule has 0 aromatic carbocycles. The molecule has 124 valence electrons.